The first-order chi connectivity index (χ1) is 13.4. The zero-order valence-electron chi connectivity index (χ0n) is 17.0. The number of hydrogen-bond acceptors (Lipinski definition) is 6. The fourth-order valence-corrected chi connectivity index (χ4v) is 4.85. The maximum Gasteiger partial charge on any atom is 0.386 e. The number of aldehydes is 1. The molecule has 1 heterocycles. The quantitative estimate of drug-likeness (QED) is 0.286. The zero-order chi connectivity index (χ0) is 20.8. The van der Waals surface area contributed by atoms with Crippen molar-refractivity contribution in [3.63, 3.8) is 0 Å². The van der Waals surface area contributed by atoms with Gasteiger partial charge in [0, 0.05) is 12.2 Å². The fraction of sp³-hybridized carbons (Fsp3) is 0.650. The molecular formula is C20H33O6PS. The van der Waals surface area contributed by atoms with Gasteiger partial charge >= 0.3 is 6.80 Å². The number of carbonyl (C=O) groups is 1. The van der Waals surface area contributed by atoms with Crippen LogP contribution in [0.25, 0.3) is 0 Å². The maximum atomic E-state index is 12.0. The molecule has 0 amide bonds. The predicted molar refractivity (Wildman–Crippen MR) is 114 cm³/mol. The van der Waals surface area contributed by atoms with Gasteiger partial charge in [-0.3, -0.25) is 4.52 Å². The van der Waals surface area contributed by atoms with Crippen LogP contribution in [0.15, 0.2) is 24.3 Å². The number of rotatable bonds is 11. The Kier molecular flexibility index (Phi) is 12.8. The normalized spacial score (nSPS) is 20.7. The number of hydrogen-bond donors (Lipinski definition) is 1. The summed E-state index contributed by atoms with van der Waals surface area (Å²) in [6, 6.07) is 7.39. The van der Waals surface area contributed by atoms with Crippen LogP contribution in [-0.2, 0) is 24.4 Å². The summed E-state index contributed by atoms with van der Waals surface area (Å²) < 4.78 is 27.8. The molecule has 1 N–H and O–H groups in total. The number of unbranched alkanes of at least 4 members (excludes halogenated alkanes) is 3. The van der Waals surface area contributed by atoms with Crippen LogP contribution in [0.1, 0.15) is 57.9 Å². The van der Waals surface area contributed by atoms with Crippen LogP contribution in [0.5, 0.6) is 5.75 Å². The Morgan fingerprint density at radius 1 is 1.29 bits per heavy atom. The Balaban J connectivity index is 0.000000480. The van der Waals surface area contributed by atoms with E-state index in [1.54, 1.807) is 7.11 Å². The number of benzene rings is 1. The summed E-state index contributed by atoms with van der Waals surface area (Å²) in [6.45, 7) is 0.658. The highest BCUT2D eigenvalue weighted by Crippen LogP contribution is 2.57. The van der Waals surface area contributed by atoms with Gasteiger partial charge < -0.3 is 19.2 Å². The van der Waals surface area contributed by atoms with Gasteiger partial charge in [-0.2, -0.15) is 0 Å². The van der Waals surface area contributed by atoms with Crippen LogP contribution in [0, 0.1) is 0 Å². The molecule has 28 heavy (non-hydrogen) atoms. The summed E-state index contributed by atoms with van der Waals surface area (Å²) in [6.07, 6.45) is 7.19. The summed E-state index contributed by atoms with van der Waals surface area (Å²) in [5.74, 6) is 1.18. The van der Waals surface area contributed by atoms with Gasteiger partial charge in [-0.05, 0) is 55.3 Å². The summed E-state index contributed by atoms with van der Waals surface area (Å²) in [4.78, 5) is 19.5. The summed E-state index contributed by atoms with van der Waals surface area (Å²) >= 11 is 0.922. The minimum absolute atomic E-state index is 0.0675. The Bertz CT molecular complexity index is 595. The van der Waals surface area contributed by atoms with E-state index in [1.165, 1.54) is 12.8 Å². The van der Waals surface area contributed by atoms with E-state index in [-0.39, 0.29) is 18.8 Å². The third-order valence-electron chi connectivity index (χ3n) is 4.22. The molecule has 0 radical (unpaired) electrons. The topological polar surface area (TPSA) is 82.1 Å². The smallest absolute Gasteiger partial charge is 0.386 e. The van der Waals surface area contributed by atoms with Gasteiger partial charge in [0.25, 0.3) is 0 Å². The highest BCUT2D eigenvalue weighted by molar-refractivity contribution is 8.54. The number of methoxy groups -OCH3 is 1. The third-order valence-corrected chi connectivity index (χ3v) is 7.17. The lowest BCUT2D eigenvalue weighted by Crippen LogP contribution is -2.14. The molecule has 0 saturated carbocycles. The van der Waals surface area contributed by atoms with Crippen LogP contribution in [-0.4, -0.2) is 37.1 Å². The maximum absolute atomic E-state index is 12.0. The second-order valence-electron chi connectivity index (χ2n) is 6.69. The van der Waals surface area contributed by atoms with Crippen LogP contribution < -0.4 is 4.74 Å². The van der Waals surface area contributed by atoms with E-state index in [2.05, 4.69) is 6.92 Å². The van der Waals surface area contributed by atoms with Gasteiger partial charge in [-0.15, -0.1) is 0 Å². The van der Waals surface area contributed by atoms with Gasteiger partial charge in [0.2, 0.25) is 0 Å². The highest BCUT2D eigenvalue weighted by atomic mass is 32.7. The van der Waals surface area contributed by atoms with E-state index in [9.17, 15) is 14.3 Å². The lowest BCUT2D eigenvalue weighted by molar-refractivity contribution is -0.107. The van der Waals surface area contributed by atoms with Crippen LogP contribution in [0.4, 0.5) is 0 Å². The molecule has 3 unspecified atom stereocenters. The Morgan fingerprint density at radius 2 is 2.00 bits per heavy atom. The Labute approximate surface area is 172 Å². The molecule has 0 bridgehead atoms. The standard InChI is InChI=1S/C14H21O5PS.C6H12O/c1-11-3-6-14(19-11)9-18-20(15,16)21-10-12-4-7-13(17-2)8-5-12;1-2-3-4-5-6-7/h4-5,7-8,11,14H,3,6,9-10H2,1-2H3,(H,15,16);6H,2-5H2,1H3. The largest absolute Gasteiger partial charge is 0.497 e. The van der Waals surface area contributed by atoms with E-state index in [4.69, 9.17) is 14.0 Å². The molecule has 0 aromatic heterocycles. The van der Waals surface area contributed by atoms with E-state index in [0.29, 0.717) is 5.75 Å². The van der Waals surface area contributed by atoms with Crippen LogP contribution >= 0.6 is 18.2 Å². The van der Waals surface area contributed by atoms with Crippen molar-refractivity contribution in [3.8, 4) is 5.75 Å². The SMILES string of the molecule is CCCCCC=O.COc1ccc(CSP(=O)(O)OCC2CCC(C)O2)cc1. The first kappa shape index (κ1) is 25.2. The highest BCUT2D eigenvalue weighted by Gasteiger charge is 2.27. The molecule has 160 valence electrons. The van der Waals surface area contributed by atoms with Crippen molar-refractivity contribution in [1.29, 1.82) is 0 Å². The van der Waals surface area contributed by atoms with Crippen molar-refractivity contribution >= 4 is 24.5 Å². The second-order valence-corrected chi connectivity index (χ2v) is 10.6. The first-order valence-electron chi connectivity index (χ1n) is 9.74. The van der Waals surface area contributed by atoms with Gasteiger partial charge in [0.15, 0.2) is 0 Å². The minimum Gasteiger partial charge on any atom is -0.497 e. The van der Waals surface area contributed by atoms with E-state index >= 15 is 0 Å². The van der Waals surface area contributed by atoms with Gasteiger partial charge in [0.05, 0.1) is 25.9 Å². The molecule has 1 aromatic rings. The van der Waals surface area contributed by atoms with E-state index < -0.39 is 6.80 Å². The molecule has 2 rings (SSSR count). The number of ether oxygens (including phenoxy) is 2. The molecule has 1 saturated heterocycles. The van der Waals surface area contributed by atoms with Crippen LogP contribution in [0.3, 0.4) is 0 Å². The second kappa shape index (κ2) is 14.2. The van der Waals surface area contributed by atoms with Gasteiger partial charge in [0.1, 0.15) is 12.0 Å². The molecule has 1 aromatic carbocycles. The lowest BCUT2D eigenvalue weighted by Gasteiger charge is -2.15. The average molecular weight is 433 g/mol. The van der Waals surface area contributed by atoms with Crippen molar-refractivity contribution < 1.29 is 28.3 Å². The average Bonchev–Trinajstić information content (AvgIpc) is 3.12. The molecular weight excluding hydrogens is 399 g/mol. The Morgan fingerprint density at radius 3 is 2.54 bits per heavy atom. The lowest BCUT2D eigenvalue weighted by atomic mass is 10.2. The molecule has 1 aliphatic rings. The van der Waals surface area contributed by atoms with Crippen molar-refractivity contribution in [2.24, 2.45) is 0 Å². The first-order valence-corrected chi connectivity index (χ1v) is 12.9. The van der Waals surface area contributed by atoms with Crippen molar-refractivity contribution in [2.45, 2.75) is 70.3 Å². The molecule has 1 fully saturated rings. The Hall–Kier alpha value is -0.850. The third kappa shape index (κ3) is 11.2. The molecule has 6 nitrogen and oxygen atoms in total. The molecule has 8 heteroatoms. The van der Waals surface area contributed by atoms with Crippen molar-refractivity contribution in [3.05, 3.63) is 29.8 Å². The predicted octanol–water partition coefficient (Wildman–Crippen LogP) is 5.38. The summed E-state index contributed by atoms with van der Waals surface area (Å²) in [5.41, 5.74) is 0.949. The van der Waals surface area contributed by atoms with Gasteiger partial charge in [-0.25, -0.2) is 4.57 Å². The van der Waals surface area contributed by atoms with Crippen molar-refractivity contribution in [1.82, 2.24) is 0 Å². The minimum atomic E-state index is -3.64. The molecule has 1 aliphatic heterocycles. The van der Waals surface area contributed by atoms with E-state index in [1.807, 2.05) is 31.2 Å². The summed E-state index contributed by atoms with van der Waals surface area (Å²) in [5, 5.41) is 0. The zero-order valence-corrected chi connectivity index (χ0v) is 18.8. The van der Waals surface area contributed by atoms with Gasteiger partial charge in [-0.1, -0.05) is 31.9 Å². The van der Waals surface area contributed by atoms with E-state index in [0.717, 1.165) is 54.7 Å². The number of carbonyl (C=O) groups excluding carboxylic acids is 1. The molecule has 0 aliphatic carbocycles. The fourth-order valence-electron chi connectivity index (χ4n) is 2.58. The molecule has 0 spiro atoms. The molecule has 3 atom stereocenters. The van der Waals surface area contributed by atoms with Crippen molar-refractivity contribution in [2.75, 3.05) is 13.7 Å². The summed E-state index contributed by atoms with van der Waals surface area (Å²) in [7, 11) is 1.60. The monoisotopic (exact) mass is 432 g/mol. The van der Waals surface area contributed by atoms with Crippen LogP contribution in [0.2, 0.25) is 0 Å².